The maximum Gasteiger partial charge on any atom is 0.238 e. The van der Waals surface area contributed by atoms with Crippen LogP contribution in [0.2, 0.25) is 0 Å². The van der Waals surface area contributed by atoms with Gasteiger partial charge in [0.25, 0.3) is 0 Å². The van der Waals surface area contributed by atoms with Gasteiger partial charge in [-0.2, -0.15) is 0 Å². The third-order valence-electron chi connectivity index (χ3n) is 4.86. The predicted octanol–water partition coefficient (Wildman–Crippen LogP) is 0.314. The number of sulfonamides is 1. The van der Waals surface area contributed by atoms with Gasteiger partial charge in [0, 0.05) is 6.54 Å². The van der Waals surface area contributed by atoms with E-state index in [1.165, 1.54) is 18.6 Å². The van der Waals surface area contributed by atoms with E-state index in [-0.39, 0.29) is 10.8 Å². The van der Waals surface area contributed by atoms with Crippen LogP contribution in [-0.4, -0.2) is 59.0 Å². The van der Waals surface area contributed by atoms with E-state index >= 15 is 0 Å². The average molecular weight is 383 g/mol. The summed E-state index contributed by atoms with van der Waals surface area (Å²) in [7, 11) is -1.68. The lowest BCUT2D eigenvalue weighted by Gasteiger charge is -2.31. The molecule has 0 aromatic heterocycles. The van der Waals surface area contributed by atoms with Crippen molar-refractivity contribution in [2.24, 2.45) is 11.1 Å². The van der Waals surface area contributed by atoms with Crippen LogP contribution in [0, 0.1) is 5.92 Å². The minimum absolute atomic E-state index is 0.0415. The van der Waals surface area contributed by atoms with Gasteiger partial charge in [0.1, 0.15) is 0 Å². The minimum Gasteiger partial charge on any atom is -0.355 e. The molecule has 1 heterocycles. The summed E-state index contributed by atoms with van der Waals surface area (Å²) in [5.41, 5.74) is 0.961. The number of rotatable bonds is 9. The predicted molar refractivity (Wildman–Crippen MR) is 102 cm³/mol. The van der Waals surface area contributed by atoms with Gasteiger partial charge in [0.2, 0.25) is 15.9 Å². The Labute approximate surface area is 156 Å². The monoisotopic (exact) mass is 382 g/mol. The van der Waals surface area contributed by atoms with Crippen LogP contribution in [0.1, 0.15) is 24.8 Å². The zero-order chi connectivity index (χ0) is 19.0. The first-order chi connectivity index (χ1) is 12.4. The number of carbonyl (C=O) groups is 1. The molecule has 0 spiro atoms. The van der Waals surface area contributed by atoms with E-state index in [0.29, 0.717) is 19.5 Å². The van der Waals surface area contributed by atoms with E-state index in [1.54, 1.807) is 12.1 Å². The highest BCUT2D eigenvalue weighted by Gasteiger charge is 2.20. The summed E-state index contributed by atoms with van der Waals surface area (Å²) in [5, 5.41) is 11.2. The van der Waals surface area contributed by atoms with Crippen molar-refractivity contribution in [3.8, 4) is 0 Å². The van der Waals surface area contributed by atoms with Crippen LogP contribution in [0.5, 0.6) is 0 Å². The molecule has 0 atom stereocenters. The molecule has 1 amide bonds. The molecule has 146 valence electrons. The standard InChI is InChI=1S/C18H30N4O3S/c1-20-10-6-16-8-12-22(13-9-16)14-18(23)21-11-7-15-2-4-17(5-3-15)26(19,24)25/h2-5,16,20H,6-14H2,1H3,(H,21,23)(H2,19,24,25). The van der Waals surface area contributed by atoms with E-state index in [9.17, 15) is 13.2 Å². The van der Waals surface area contributed by atoms with Crippen molar-refractivity contribution in [1.82, 2.24) is 15.5 Å². The summed E-state index contributed by atoms with van der Waals surface area (Å²) in [4.78, 5) is 14.4. The fourth-order valence-corrected chi connectivity index (χ4v) is 3.75. The molecule has 1 aliphatic heterocycles. The topological polar surface area (TPSA) is 105 Å². The van der Waals surface area contributed by atoms with Crippen LogP contribution in [0.15, 0.2) is 29.2 Å². The number of piperidine rings is 1. The van der Waals surface area contributed by atoms with Crippen molar-refractivity contribution in [1.29, 1.82) is 0 Å². The second-order valence-corrected chi connectivity index (χ2v) is 8.46. The van der Waals surface area contributed by atoms with Crippen molar-refractivity contribution in [3.05, 3.63) is 29.8 Å². The van der Waals surface area contributed by atoms with Gasteiger partial charge >= 0.3 is 0 Å². The number of carbonyl (C=O) groups excluding carboxylic acids is 1. The fraction of sp³-hybridized carbons (Fsp3) is 0.611. The normalized spacial score (nSPS) is 16.5. The van der Waals surface area contributed by atoms with Crippen molar-refractivity contribution in [2.75, 3.05) is 39.8 Å². The number of benzene rings is 1. The third kappa shape index (κ3) is 7.03. The lowest BCUT2D eigenvalue weighted by molar-refractivity contribution is -0.122. The van der Waals surface area contributed by atoms with Crippen LogP contribution >= 0.6 is 0 Å². The van der Waals surface area contributed by atoms with Crippen molar-refractivity contribution in [2.45, 2.75) is 30.6 Å². The first-order valence-electron chi connectivity index (χ1n) is 9.14. The summed E-state index contributed by atoms with van der Waals surface area (Å²) in [6.45, 7) is 4.01. The van der Waals surface area contributed by atoms with Crippen molar-refractivity contribution in [3.63, 3.8) is 0 Å². The molecule has 1 saturated heterocycles. The fourth-order valence-electron chi connectivity index (χ4n) is 3.23. The molecule has 0 bridgehead atoms. The van der Waals surface area contributed by atoms with Gasteiger partial charge in [0.05, 0.1) is 11.4 Å². The molecular weight excluding hydrogens is 352 g/mol. The second-order valence-electron chi connectivity index (χ2n) is 6.90. The number of likely N-dealkylation sites (tertiary alicyclic amines) is 1. The molecule has 0 saturated carbocycles. The van der Waals surface area contributed by atoms with E-state index in [0.717, 1.165) is 44.0 Å². The SMILES string of the molecule is CNCCC1CCN(CC(=O)NCCc2ccc(S(N)(=O)=O)cc2)CC1. The van der Waals surface area contributed by atoms with Gasteiger partial charge in [0.15, 0.2) is 0 Å². The van der Waals surface area contributed by atoms with Gasteiger partial charge in [-0.15, -0.1) is 0 Å². The van der Waals surface area contributed by atoms with Gasteiger partial charge < -0.3 is 10.6 Å². The number of nitrogens with zero attached hydrogens (tertiary/aromatic N) is 1. The van der Waals surface area contributed by atoms with E-state index in [4.69, 9.17) is 5.14 Å². The van der Waals surface area contributed by atoms with Gasteiger partial charge in [-0.3, -0.25) is 9.69 Å². The smallest absolute Gasteiger partial charge is 0.238 e. The first-order valence-corrected chi connectivity index (χ1v) is 10.7. The Bertz CT molecular complexity index is 668. The second kappa shape index (κ2) is 10.0. The molecule has 1 aromatic rings. The molecule has 1 fully saturated rings. The Morgan fingerprint density at radius 2 is 1.85 bits per heavy atom. The molecule has 7 nitrogen and oxygen atoms in total. The number of hydrogen-bond acceptors (Lipinski definition) is 5. The molecule has 4 N–H and O–H groups in total. The van der Waals surface area contributed by atoms with Gasteiger partial charge in [-0.05, 0) is 76.0 Å². The molecule has 1 aliphatic rings. The minimum atomic E-state index is -3.66. The Balaban J connectivity index is 1.65. The average Bonchev–Trinajstić information content (AvgIpc) is 2.61. The number of nitrogens with two attached hydrogens (primary N) is 1. The molecule has 26 heavy (non-hydrogen) atoms. The van der Waals surface area contributed by atoms with Crippen LogP contribution in [-0.2, 0) is 21.2 Å². The van der Waals surface area contributed by atoms with E-state index in [2.05, 4.69) is 15.5 Å². The summed E-state index contributed by atoms with van der Waals surface area (Å²) in [5.74, 6) is 0.807. The Morgan fingerprint density at radius 3 is 2.42 bits per heavy atom. The quantitative estimate of drug-likeness (QED) is 0.570. The molecule has 2 rings (SSSR count). The lowest BCUT2D eigenvalue weighted by Crippen LogP contribution is -2.42. The number of amides is 1. The van der Waals surface area contributed by atoms with E-state index in [1.807, 2.05) is 7.05 Å². The van der Waals surface area contributed by atoms with Crippen LogP contribution in [0.25, 0.3) is 0 Å². The summed E-state index contributed by atoms with van der Waals surface area (Å²) in [6, 6.07) is 6.43. The first kappa shape index (κ1) is 20.8. The molecule has 0 radical (unpaired) electrons. The van der Waals surface area contributed by atoms with Crippen molar-refractivity contribution < 1.29 is 13.2 Å². The third-order valence-corrected chi connectivity index (χ3v) is 5.79. The Morgan fingerprint density at radius 1 is 1.19 bits per heavy atom. The van der Waals surface area contributed by atoms with Crippen molar-refractivity contribution >= 4 is 15.9 Å². The highest BCUT2D eigenvalue weighted by atomic mass is 32.2. The summed E-state index contributed by atoms with van der Waals surface area (Å²) >= 11 is 0. The lowest BCUT2D eigenvalue weighted by atomic mass is 9.93. The number of nitrogens with one attached hydrogen (secondary N) is 2. The van der Waals surface area contributed by atoms with Crippen LogP contribution in [0.3, 0.4) is 0 Å². The molecule has 8 heteroatoms. The van der Waals surface area contributed by atoms with Gasteiger partial charge in [-0.25, -0.2) is 13.6 Å². The van der Waals surface area contributed by atoms with Crippen LogP contribution in [0.4, 0.5) is 0 Å². The number of primary sulfonamides is 1. The summed E-state index contributed by atoms with van der Waals surface area (Å²) in [6.07, 6.45) is 4.18. The molecule has 0 unspecified atom stereocenters. The zero-order valence-corrected chi connectivity index (χ0v) is 16.2. The maximum atomic E-state index is 12.1. The Hall–Kier alpha value is -1.48. The zero-order valence-electron chi connectivity index (χ0n) is 15.4. The molecule has 0 aliphatic carbocycles. The largest absolute Gasteiger partial charge is 0.355 e. The molecular formula is C18H30N4O3S. The Kier molecular flexibility index (Phi) is 8.02. The highest BCUT2D eigenvalue weighted by Crippen LogP contribution is 2.19. The maximum absolute atomic E-state index is 12.1. The number of hydrogen-bond donors (Lipinski definition) is 3. The van der Waals surface area contributed by atoms with Gasteiger partial charge in [-0.1, -0.05) is 12.1 Å². The van der Waals surface area contributed by atoms with Crippen LogP contribution < -0.4 is 15.8 Å². The van der Waals surface area contributed by atoms with E-state index < -0.39 is 10.0 Å². The summed E-state index contributed by atoms with van der Waals surface area (Å²) < 4.78 is 22.4. The molecule has 1 aromatic carbocycles. The highest BCUT2D eigenvalue weighted by molar-refractivity contribution is 7.89.